The Morgan fingerprint density at radius 2 is 1.84 bits per heavy atom. The van der Waals surface area contributed by atoms with Crippen molar-refractivity contribution in [1.82, 2.24) is 5.32 Å². The molecule has 0 aromatic heterocycles. The van der Waals surface area contributed by atoms with Crippen LogP contribution >= 0.6 is 0 Å². The highest BCUT2D eigenvalue weighted by Crippen LogP contribution is 2.16. The molecule has 0 heterocycles. The SMILES string of the molecule is COC(=O)c1cc(NC(=O)NC(C)(C)C)ccc1C. The van der Waals surface area contributed by atoms with E-state index in [4.69, 9.17) is 4.74 Å². The van der Waals surface area contributed by atoms with Gasteiger partial charge in [0.25, 0.3) is 0 Å². The van der Waals surface area contributed by atoms with Crippen LogP contribution in [0.5, 0.6) is 0 Å². The Balaban J connectivity index is 2.86. The number of carbonyl (C=O) groups is 2. The van der Waals surface area contributed by atoms with Crippen molar-refractivity contribution in [2.24, 2.45) is 0 Å². The van der Waals surface area contributed by atoms with E-state index in [0.29, 0.717) is 11.3 Å². The van der Waals surface area contributed by atoms with Gasteiger partial charge in [0.1, 0.15) is 0 Å². The Hall–Kier alpha value is -2.04. The first-order valence-corrected chi connectivity index (χ1v) is 6.01. The van der Waals surface area contributed by atoms with Gasteiger partial charge in [-0.2, -0.15) is 0 Å². The highest BCUT2D eigenvalue weighted by Gasteiger charge is 2.15. The van der Waals surface area contributed by atoms with Crippen LogP contribution in [0.2, 0.25) is 0 Å². The van der Waals surface area contributed by atoms with Crippen LogP contribution in [0.3, 0.4) is 0 Å². The molecule has 0 aliphatic rings. The van der Waals surface area contributed by atoms with E-state index < -0.39 is 5.97 Å². The second kappa shape index (κ2) is 5.73. The number of nitrogens with one attached hydrogen (secondary N) is 2. The maximum absolute atomic E-state index is 11.7. The number of amides is 2. The molecule has 0 unspecified atom stereocenters. The summed E-state index contributed by atoms with van der Waals surface area (Å²) in [5.41, 5.74) is 1.47. The average Bonchev–Trinajstić information content (AvgIpc) is 2.28. The first-order chi connectivity index (χ1) is 8.73. The summed E-state index contributed by atoms with van der Waals surface area (Å²) in [6, 6.07) is 4.79. The van der Waals surface area contributed by atoms with Crippen molar-refractivity contribution in [3.05, 3.63) is 29.3 Å². The summed E-state index contributed by atoms with van der Waals surface area (Å²) in [4.78, 5) is 23.3. The molecule has 2 amide bonds. The molecule has 5 heteroatoms. The number of anilines is 1. The average molecular weight is 264 g/mol. The van der Waals surface area contributed by atoms with Crippen LogP contribution in [-0.2, 0) is 4.74 Å². The van der Waals surface area contributed by atoms with Crippen LogP contribution in [-0.4, -0.2) is 24.6 Å². The predicted octanol–water partition coefficient (Wildman–Crippen LogP) is 2.70. The van der Waals surface area contributed by atoms with Gasteiger partial charge in [-0.15, -0.1) is 0 Å². The van der Waals surface area contributed by atoms with Crippen LogP contribution < -0.4 is 10.6 Å². The lowest BCUT2D eigenvalue weighted by atomic mass is 10.1. The van der Waals surface area contributed by atoms with Crippen molar-refractivity contribution in [1.29, 1.82) is 0 Å². The molecule has 1 aromatic rings. The summed E-state index contributed by atoms with van der Waals surface area (Å²) in [6.45, 7) is 7.48. The van der Waals surface area contributed by atoms with E-state index in [2.05, 4.69) is 10.6 Å². The number of aryl methyl sites for hydroxylation is 1. The lowest BCUT2D eigenvalue weighted by Crippen LogP contribution is -2.43. The number of benzene rings is 1. The molecule has 1 rings (SSSR count). The molecule has 0 spiro atoms. The van der Waals surface area contributed by atoms with Gasteiger partial charge in [0.15, 0.2) is 0 Å². The number of rotatable bonds is 2. The van der Waals surface area contributed by atoms with Crippen molar-refractivity contribution in [3.63, 3.8) is 0 Å². The third-order valence-corrected chi connectivity index (χ3v) is 2.39. The highest BCUT2D eigenvalue weighted by atomic mass is 16.5. The molecule has 104 valence electrons. The van der Waals surface area contributed by atoms with Crippen LogP contribution in [0, 0.1) is 6.92 Å². The van der Waals surface area contributed by atoms with Gasteiger partial charge in [-0.25, -0.2) is 9.59 Å². The smallest absolute Gasteiger partial charge is 0.338 e. The molecule has 5 nitrogen and oxygen atoms in total. The fourth-order valence-electron chi connectivity index (χ4n) is 1.53. The molecule has 0 aliphatic carbocycles. The number of urea groups is 1. The van der Waals surface area contributed by atoms with Crippen LogP contribution in [0.15, 0.2) is 18.2 Å². The maximum atomic E-state index is 11.7. The van der Waals surface area contributed by atoms with E-state index in [9.17, 15) is 9.59 Å². The summed E-state index contributed by atoms with van der Waals surface area (Å²) >= 11 is 0. The first kappa shape index (κ1) is 15.0. The van der Waals surface area contributed by atoms with E-state index in [-0.39, 0.29) is 11.6 Å². The van der Waals surface area contributed by atoms with Gasteiger partial charge in [0.05, 0.1) is 12.7 Å². The molecule has 0 fully saturated rings. The second-order valence-corrected chi connectivity index (χ2v) is 5.35. The van der Waals surface area contributed by atoms with Crippen molar-refractivity contribution < 1.29 is 14.3 Å². The molecular weight excluding hydrogens is 244 g/mol. The fourth-order valence-corrected chi connectivity index (χ4v) is 1.53. The van der Waals surface area contributed by atoms with Gasteiger partial charge in [-0.1, -0.05) is 6.07 Å². The van der Waals surface area contributed by atoms with Crippen molar-refractivity contribution in [2.45, 2.75) is 33.2 Å². The Morgan fingerprint density at radius 1 is 1.21 bits per heavy atom. The van der Waals surface area contributed by atoms with E-state index in [1.807, 2.05) is 27.7 Å². The van der Waals surface area contributed by atoms with Crippen molar-refractivity contribution in [3.8, 4) is 0 Å². The second-order valence-electron chi connectivity index (χ2n) is 5.35. The molecule has 0 aliphatic heterocycles. The topological polar surface area (TPSA) is 67.4 Å². The van der Waals surface area contributed by atoms with Gasteiger partial charge < -0.3 is 15.4 Å². The minimum absolute atomic E-state index is 0.313. The molecule has 19 heavy (non-hydrogen) atoms. The Labute approximate surface area is 113 Å². The zero-order valence-corrected chi connectivity index (χ0v) is 12.0. The lowest BCUT2D eigenvalue weighted by molar-refractivity contribution is 0.0600. The molecule has 1 aromatic carbocycles. The van der Waals surface area contributed by atoms with Crippen LogP contribution in [0.4, 0.5) is 10.5 Å². The summed E-state index contributed by atoms with van der Waals surface area (Å²) < 4.78 is 4.69. The number of methoxy groups -OCH3 is 1. The van der Waals surface area contributed by atoms with Gasteiger partial charge in [0, 0.05) is 11.2 Å². The van der Waals surface area contributed by atoms with E-state index in [1.54, 1.807) is 18.2 Å². The van der Waals surface area contributed by atoms with Crippen LogP contribution in [0.1, 0.15) is 36.7 Å². The number of hydrogen-bond acceptors (Lipinski definition) is 3. The normalized spacial score (nSPS) is 10.8. The third-order valence-electron chi connectivity index (χ3n) is 2.39. The standard InChI is InChI=1S/C14H20N2O3/c1-9-6-7-10(8-11(9)12(17)19-5)15-13(18)16-14(2,3)4/h6-8H,1-5H3,(H2,15,16,18). The maximum Gasteiger partial charge on any atom is 0.338 e. The molecule has 0 saturated heterocycles. The first-order valence-electron chi connectivity index (χ1n) is 6.01. The number of esters is 1. The largest absolute Gasteiger partial charge is 0.465 e. The zero-order valence-electron chi connectivity index (χ0n) is 12.0. The highest BCUT2D eigenvalue weighted by molar-refractivity contribution is 5.95. The quantitative estimate of drug-likeness (QED) is 0.807. The number of ether oxygens (including phenoxy) is 1. The third kappa shape index (κ3) is 4.62. The summed E-state index contributed by atoms with van der Waals surface area (Å²) in [5, 5.41) is 5.47. The van der Waals surface area contributed by atoms with E-state index in [1.165, 1.54) is 7.11 Å². The van der Waals surface area contributed by atoms with E-state index in [0.717, 1.165) is 5.56 Å². The summed E-state index contributed by atoms with van der Waals surface area (Å²) in [6.07, 6.45) is 0. The summed E-state index contributed by atoms with van der Waals surface area (Å²) in [5.74, 6) is -0.419. The molecule has 2 N–H and O–H groups in total. The Morgan fingerprint density at radius 3 is 2.37 bits per heavy atom. The number of carbonyl (C=O) groups excluding carboxylic acids is 2. The zero-order chi connectivity index (χ0) is 14.6. The molecule has 0 radical (unpaired) electrons. The molecule has 0 bridgehead atoms. The summed E-state index contributed by atoms with van der Waals surface area (Å²) in [7, 11) is 1.33. The molecule has 0 atom stereocenters. The molecule has 0 saturated carbocycles. The monoisotopic (exact) mass is 264 g/mol. The Kier molecular flexibility index (Phi) is 4.53. The van der Waals surface area contributed by atoms with Crippen molar-refractivity contribution in [2.75, 3.05) is 12.4 Å². The number of hydrogen-bond donors (Lipinski definition) is 2. The Bertz CT molecular complexity index is 490. The fraction of sp³-hybridized carbons (Fsp3) is 0.429. The molecular formula is C14H20N2O3. The van der Waals surface area contributed by atoms with Gasteiger partial charge in [-0.05, 0) is 45.4 Å². The van der Waals surface area contributed by atoms with Gasteiger partial charge in [-0.3, -0.25) is 0 Å². The lowest BCUT2D eigenvalue weighted by Gasteiger charge is -2.21. The minimum atomic E-state index is -0.419. The predicted molar refractivity (Wildman–Crippen MR) is 74.4 cm³/mol. The van der Waals surface area contributed by atoms with Gasteiger partial charge in [0.2, 0.25) is 0 Å². The van der Waals surface area contributed by atoms with Crippen molar-refractivity contribution >= 4 is 17.7 Å². The van der Waals surface area contributed by atoms with Gasteiger partial charge >= 0.3 is 12.0 Å². The van der Waals surface area contributed by atoms with E-state index >= 15 is 0 Å². The minimum Gasteiger partial charge on any atom is -0.465 e. The van der Waals surface area contributed by atoms with Crippen LogP contribution in [0.25, 0.3) is 0 Å².